The molecule has 0 aliphatic carbocycles. The second kappa shape index (κ2) is 18.0. The summed E-state index contributed by atoms with van der Waals surface area (Å²) in [7, 11) is 1.61. The first-order valence-electron chi connectivity index (χ1n) is 10.1. The molecule has 2 N–H and O–H groups in total. The van der Waals surface area contributed by atoms with Gasteiger partial charge in [0.25, 0.3) is 0 Å². The van der Waals surface area contributed by atoms with Gasteiger partial charge >= 0.3 is 0 Å². The summed E-state index contributed by atoms with van der Waals surface area (Å²) in [5, 5.41) is 6.02. The Labute approximate surface area is 188 Å². The van der Waals surface area contributed by atoms with Crippen molar-refractivity contribution in [2.24, 2.45) is 0 Å². The van der Waals surface area contributed by atoms with Gasteiger partial charge in [-0.1, -0.05) is 12.1 Å². The fraction of sp³-hybridized carbons (Fsp3) is 0.667. The number of carbonyl (C=O) groups is 1. The van der Waals surface area contributed by atoms with Crippen molar-refractivity contribution >= 4 is 28.5 Å². The fourth-order valence-corrected chi connectivity index (χ4v) is 2.83. The van der Waals surface area contributed by atoms with Gasteiger partial charge in [-0.15, -0.1) is 0 Å². The van der Waals surface area contributed by atoms with Crippen molar-refractivity contribution in [3.05, 3.63) is 33.4 Å². The second-order valence-electron chi connectivity index (χ2n) is 6.56. The van der Waals surface area contributed by atoms with E-state index in [0.717, 1.165) is 13.0 Å². The molecular weight excluding hydrogens is 487 g/mol. The minimum Gasteiger partial charge on any atom is -0.379 e. The molecule has 0 fully saturated rings. The molecule has 0 spiro atoms. The maximum absolute atomic E-state index is 11.0. The Morgan fingerprint density at radius 3 is 1.97 bits per heavy atom. The minimum absolute atomic E-state index is 0.0196. The molecule has 0 bridgehead atoms. The summed E-state index contributed by atoms with van der Waals surface area (Å²) < 4.78 is 23.0. The van der Waals surface area contributed by atoms with Gasteiger partial charge < -0.3 is 29.6 Å². The maximum atomic E-state index is 11.0. The predicted octanol–water partition coefficient (Wildman–Crippen LogP) is 2.01. The SMILES string of the molecule is CNC(=O)CCOCCOCCOCCOCCNC(C)Cc1ccc(I)cc1. The number of benzene rings is 1. The number of hydrogen-bond acceptors (Lipinski definition) is 6. The van der Waals surface area contributed by atoms with E-state index < -0.39 is 0 Å². The number of nitrogens with one attached hydrogen (secondary N) is 2. The topological polar surface area (TPSA) is 78.1 Å². The Kier molecular flexibility index (Phi) is 16.3. The summed E-state index contributed by atoms with van der Waals surface area (Å²) in [6.45, 7) is 7.28. The predicted molar refractivity (Wildman–Crippen MR) is 122 cm³/mol. The van der Waals surface area contributed by atoms with E-state index in [9.17, 15) is 4.79 Å². The highest BCUT2D eigenvalue weighted by molar-refractivity contribution is 14.1. The molecule has 1 atom stereocenters. The first-order valence-corrected chi connectivity index (χ1v) is 11.2. The number of carbonyl (C=O) groups excluding carboxylic acids is 1. The molecule has 0 saturated carbocycles. The van der Waals surface area contributed by atoms with Crippen LogP contribution in [0.1, 0.15) is 18.9 Å². The standard InChI is InChI=1S/C21H35IN2O5/c1-18(17-19-3-5-20(22)6-4-19)24-8-10-27-12-14-29-16-15-28-13-11-26-9-7-21(25)23-2/h3-6,18,24H,7-17H2,1-2H3,(H,23,25). The van der Waals surface area contributed by atoms with Crippen LogP contribution in [0.15, 0.2) is 24.3 Å². The average molecular weight is 522 g/mol. The van der Waals surface area contributed by atoms with Crippen LogP contribution in [0.3, 0.4) is 0 Å². The summed E-state index contributed by atoms with van der Waals surface area (Å²) in [6.07, 6.45) is 1.39. The van der Waals surface area contributed by atoms with Gasteiger partial charge in [-0.05, 0) is 53.6 Å². The van der Waals surface area contributed by atoms with Crippen LogP contribution in [-0.4, -0.2) is 78.4 Å². The average Bonchev–Trinajstić information content (AvgIpc) is 2.72. The van der Waals surface area contributed by atoms with Crippen molar-refractivity contribution in [2.45, 2.75) is 25.8 Å². The van der Waals surface area contributed by atoms with E-state index in [1.807, 2.05) is 0 Å². The third-order valence-corrected chi connectivity index (χ3v) is 4.78. The minimum atomic E-state index is -0.0196. The number of amides is 1. The van der Waals surface area contributed by atoms with Crippen LogP contribution in [0.5, 0.6) is 0 Å². The van der Waals surface area contributed by atoms with E-state index in [1.165, 1.54) is 9.13 Å². The molecule has 29 heavy (non-hydrogen) atoms. The van der Waals surface area contributed by atoms with E-state index in [2.05, 4.69) is 64.4 Å². The molecule has 0 heterocycles. The van der Waals surface area contributed by atoms with Gasteiger partial charge in [0.05, 0.1) is 52.9 Å². The van der Waals surface area contributed by atoms with E-state index in [-0.39, 0.29) is 5.91 Å². The van der Waals surface area contributed by atoms with Gasteiger partial charge in [0.1, 0.15) is 0 Å². The molecule has 1 unspecified atom stereocenters. The van der Waals surface area contributed by atoms with Crippen LogP contribution >= 0.6 is 22.6 Å². The molecule has 0 saturated heterocycles. The fourth-order valence-electron chi connectivity index (χ4n) is 2.48. The lowest BCUT2D eigenvalue weighted by Crippen LogP contribution is -2.31. The lowest BCUT2D eigenvalue weighted by atomic mass is 10.1. The van der Waals surface area contributed by atoms with E-state index in [1.54, 1.807) is 7.05 Å². The number of hydrogen-bond donors (Lipinski definition) is 2. The molecule has 1 amide bonds. The molecule has 0 aliphatic rings. The van der Waals surface area contributed by atoms with Gasteiger partial charge in [0.15, 0.2) is 0 Å². The van der Waals surface area contributed by atoms with Crippen molar-refractivity contribution in [1.82, 2.24) is 10.6 Å². The third-order valence-electron chi connectivity index (χ3n) is 4.06. The Bertz CT molecular complexity index is 530. The summed E-state index contributed by atoms with van der Waals surface area (Å²) in [4.78, 5) is 11.0. The molecule has 1 rings (SSSR count). The van der Waals surface area contributed by atoms with Crippen LogP contribution in [-0.2, 0) is 30.2 Å². The van der Waals surface area contributed by atoms with E-state index in [0.29, 0.717) is 65.3 Å². The van der Waals surface area contributed by atoms with Crippen LogP contribution < -0.4 is 10.6 Å². The summed E-state index contributed by atoms with van der Waals surface area (Å²) in [5.74, 6) is -0.0196. The smallest absolute Gasteiger partial charge is 0.222 e. The lowest BCUT2D eigenvalue weighted by Gasteiger charge is -2.14. The first kappa shape index (κ1) is 26.3. The zero-order chi connectivity index (χ0) is 21.2. The van der Waals surface area contributed by atoms with Crippen LogP contribution in [0.25, 0.3) is 0 Å². The lowest BCUT2D eigenvalue weighted by molar-refractivity contribution is -0.121. The Balaban J connectivity index is 1.79. The van der Waals surface area contributed by atoms with Crippen molar-refractivity contribution in [2.75, 3.05) is 66.4 Å². The van der Waals surface area contributed by atoms with E-state index >= 15 is 0 Å². The molecule has 8 heteroatoms. The number of halogens is 1. The highest BCUT2D eigenvalue weighted by atomic mass is 127. The third kappa shape index (κ3) is 15.7. The molecule has 7 nitrogen and oxygen atoms in total. The summed E-state index contributed by atoms with van der Waals surface area (Å²) in [5.41, 5.74) is 1.34. The van der Waals surface area contributed by atoms with Crippen molar-refractivity contribution in [3.63, 3.8) is 0 Å². The Morgan fingerprint density at radius 2 is 1.41 bits per heavy atom. The molecule has 0 aromatic heterocycles. The largest absolute Gasteiger partial charge is 0.379 e. The first-order chi connectivity index (χ1) is 14.1. The quantitative estimate of drug-likeness (QED) is 0.227. The molecular formula is C21H35IN2O5. The zero-order valence-electron chi connectivity index (χ0n) is 17.6. The van der Waals surface area contributed by atoms with Crippen molar-refractivity contribution < 1.29 is 23.7 Å². The normalized spacial score (nSPS) is 12.1. The maximum Gasteiger partial charge on any atom is 0.222 e. The highest BCUT2D eigenvalue weighted by Crippen LogP contribution is 2.08. The summed E-state index contributed by atoms with van der Waals surface area (Å²) in [6, 6.07) is 9.05. The van der Waals surface area contributed by atoms with Gasteiger partial charge in [0, 0.05) is 29.6 Å². The number of ether oxygens (including phenoxy) is 4. The number of rotatable bonds is 18. The Morgan fingerprint density at radius 1 is 0.897 bits per heavy atom. The van der Waals surface area contributed by atoms with Crippen molar-refractivity contribution in [3.8, 4) is 0 Å². The second-order valence-corrected chi connectivity index (χ2v) is 7.80. The highest BCUT2D eigenvalue weighted by Gasteiger charge is 2.03. The van der Waals surface area contributed by atoms with Crippen LogP contribution in [0.2, 0.25) is 0 Å². The van der Waals surface area contributed by atoms with E-state index in [4.69, 9.17) is 18.9 Å². The van der Waals surface area contributed by atoms with Gasteiger partial charge in [0.2, 0.25) is 5.91 Å². The molecule has 0 radical (unpaired) electrons. The Hall–Kier alpha value is -0.780. The molecule has 1 aromatic rings. The van der Waals surface area contributed by atoms with Crippen LogP contribution in [0.4, 0.5) is 0 Å². The van der Waals surface area contributed by atoms with Gasteiger partial charge in [-0.25, -0.2) is 0 Å². The molecule has 166 valence electrons. The van der Waals surface area contributed by atoms with Gasteiger partial charge in [-0.2, -0.15) is 0 Å². The monoisotopic (exact) mass is 522 g/mol. The molecule has 0 aliphatic heterocycles. The van der Waals surface area contributed by atoms with Crippen molar-refractivity contribution in [1.29, 1.82) is 0 Å². The zero-order valence-corrected chi connectivity index (χ0v) is 19.7. The van der Waals surface area contributed by atoms with Gasteiger partial charge in [-0.3, -0.25) is 4.79 Å². The molecule has 1 aromatic carbocycles. The van der Waals surface area contributed by atoms with Crippen LogP contribution in [0, 0.1) is 3.57 Å². The summed E-state index contributed by atoms with van der Waals surface area (Å²) >= 11 is 2.32.